The van der Waals surface area contributed by atoms with Crippen LogP contribution in [-0.2, 0) is 32.5 Å². The highest BCUT2D eigenvalue weighted by Gasteiger charge is 2.41. The van der Waals surface area contributed by atoms with Gasteiger partial charge in [0.15, 0.2) is 0 Å². The van der Waals surface area contributed by atoms with Crippen LogP contribution in [0.15, 0.2) is 73.1 Å². The molecule has 2 amide bonds. The zero-order chi connectivity index (χ0) is 34.9. The van der Waals surface area contributed by atoms with Gasteiger partial charge in [-0.25, -0.2) is 0 Å². The minimum absolute atomic E-state index is 0.0726. The van der Waals surface area contributed by atoms with E-state index >= 15 is 0 Å². The second-order valence-electron chi connectivity index (χ2n) is 14.4. The fourth-order valence-corrected chi connectivity index (χ4v) is 7.31. The highest BCUT2D eigenvalue weighted by molar-refractivity contribution is 6.30. The predicted octanol–water partition coefficient (Wildman–Crippen LogP) is 8.55. The van der Waals surface area contributed by atoms with E-state index in [9.17, 15) is 9.59 Å². The Hall–Kier alpha value is -3.04. The largest absolute Gasteiger partial charge is 0.342 e. The molecule has 0 saturated carbocycles. The van der Waals surface area contributed by atoms with Crippen molar-refractivity contribution in [3.63, 3.8) is 0 Å². The zero-order valence-electron chi connectivity index (χ0n) is 29.0. The maximum atomic E-state index is 12.2. The molecule has 8 nitrogen and oxygen atoms in total. The number of hydrogen-bond acceptors (Lipinski definition) is 6. The Morgan fingerprint density at radius 1 is 0.688 bits per heavy atom. The van der Waals surface area contributed by atoms with E-state index in [1.807, 2.05) is 68.5 Å². The van der Waals surface area contributed by atoms with Crippen LogP contribution >= 0.6 is 23.2 Å². The number of unbranched alkanes of at least 4 members (excludes halogenated alkanes) is 3. The lowest BCUT2D eigenvalue weighted by molar-refractivity contribution is -0.215. The van der Waals surface area contributed by atoms with Gasteiger partial charge in [-0.05, 0) is 88.8 Å². The molecule has 0 bridgehead atoms. The fourth-order valence-electron chi connectivity index (χ4n) is 7.05. The average molecular weight is 700 g/mol. The van der Waals surface area contributed by atoms with Crippen LogP contribution in [-0.4, -0.2) is 69.0 Å². The van der Waals surface area contributed by atoms with E-state index in [1.165, 1.54) is 0 Å². The highest BCUT2D eigenvalue weighted by atomic mass is 35.5. The smallest absolute Gasteiger partial charge is 0.209 e. The Bertz CT molecular complexity index is 1280. The Kier molecular flexibility index (Phi) is 13.4. The summed E-state index contributed by atoms with van der Waals surface area (Å²) in [6.45, 7) is 19.3. The van der Waals surface area contributed by atoms with Crippen LogP contribution < -0.4 is 0 Å². The molecule has 48 heavy (non-hydrogen) atoms. The molecule has 0 aliphatic carbocycles. The highest BCUT2D eigenvalue weighted by Crippen LogP contribution is 2.37. The zero-order valence-corrected chi connectivity index (χ0v) is 30.5. The van der Waals surface area contributed by atoms with Crippen molar-refractivity contribution < 1.29 is 19.3 Å². The van der Waals surface area contributed by atoms with Gasteiger partial charge in [-0.1, -0.05) is 73.5 Å². The molecular weight excluding hydrogens is 647 g/mol. The fraction of sp³-hybridized carbons (Fsp3) is 0.526. The third-order valence-electron chi connectivity index (χ3n) is 9.43. The molecule has 0 spiro atoms. The number of piperidine rings is 2. The van der Waals surface area contributed by atoms with Gasteiger partial charge in [0, 0.05) is 59.5 Å². The van der Waals surface area contributed by atoms with Gasteiger partial charge >= 0.3 is 0 Å². The van der Waals surface area contributed by atoms with E-state index in [4.69, 9.17) is 32.9 Å². The number of benzene rings is 2. The summed E-state index contributed by atoms with van der Waals surface area (Å²) in [7, 11) is 0. The number of carbonyl (C=O) groups excluding carboxylic acids is 2. The molecule has 2 saturated heterocycles. The Morgan fingerprint density at radius 3 is 1.35 bits per heavy atom. The van der Waals surface area contributed by atoms with Crippen LogP contribution in [0.2, 0.25) is 10.0 Å². The molecule has 10 heteroatoms. The lowest BCUT2D eigenvalue weighted by Crippen LogP contribution is -2.53. The summed E-state index contributed by atoms with van der Waals surface area (Å²) >= 11 is 12.0. The lowest BCUT2D eigenvalue weighted by atomic mass is 9.86. The molecule has 0 N–H and O–H groups in total. The topological polar surface area (TPSA) is 65.6 Å². The molecule has 0 aromatic heterocycles. The Morgan fingerprint density at radius 2 is 1.04 bits per heavy atom. The molecule has 2 aliphatic heterocycles. The maximum Gasteiger partial charge on any atom is 0.209 e. The van der Waals surface area contributed by atoms with Crippen molar-refractivity contribution in [3.8, 4) is 0 Å². The van der Waals surface area contributed by atoms with Crippen molar-refractivity contribution in [2.75, 3.05) is 13.1 Å². The minimum Gasteiger partial charge on any atom is -0.342 e. The molecule has 2 aromatic rings. The second kappa shape index (κ2) is 17.1. The van der Waals surface area contributed by atoms with Gasteiger partial charge in [0.25, 0.3) is 0 Å². The van der Waals surface area contributed by atoms with Gasteiger partial charge < -0.3 is 9.80 Å². The number of halogens is 2. The molecule has 2 heterocycles. The molecule has 2 aromatic carbocycles. The van der Waals surface area contributed by atoms with Crippen LogP contribution in [0.5, 0.6) is 0 Å². The molecule has 2 fully saturated rings. The van der Waals surface area contributed by atoms with E-state index in [0.717, 1.165) is 73.9 Å². The standard InChI is InChI=1S/C38H52Cl2N4O4/c1-29-21-35(23-37(3,4)43(29)47-25-31-11-15-33(39)16-12-31)41(27-45)19-9-7-8-10-20-42(28-46)36-22-30(2)44(38(5,6)24-36)48-26-32-13-17-34(40)18-14-32/h11-18,27-28,35-36H,1-2,7-10,19-26H2,3-6H3. The monoisotopic (exact) mass is 698 g/mol. The molecule has 2 unspecified atom stereocenters. The molecule has 262 valence electrons. The summed E-state index contributed by atoms with van der Waals surface area (Å²) in [5, 5.41) is 5.21. The quantitative estimate of drug-likeness (QED) is 0.122. The van der Waals surface area contributed by atoms with Crippen molar-refractivity contribution >= 4 is 36.0 Å². The van der Waals surface area contributed by atoms with Crippen molar-refractivity contribution in [2.45, 2.75) is 115 Å². The summed E-state index contributed by atoms with van der Waals surface area (Å²) < 4.78 is 0. The number of hydroxylamine groups is 4. The second-order valence-corrected chi connectivity index (χ2v) is 15.2. The first-order valence-electron chi connectivity index (χ1n) is 17.0. The average Bonchev–Trinajstić information content (AvgIpc) is 3.02. The van der Waals surface area contributed by atoms with E-state index in [-0.39, 0.29) is 23.2 Å². The molecular formula is C38H52Cl2N4O4. The van der Waals surface area contributed by atoms with Crippen molar-refractivity contribution in [1.29, 1.82) is 0 Å². The first kappa shape index (κ1) is 37.8. The van der Waals surface area contributed by atoms with Gasteiger partial charge in [0.1, 0.15) is 0 Å². The summed E-state index contributed by atoms with van der Waals surface area (Å²) in [5.74, 6) is 0. The van der Waals surface area contributed by atoms with E-state index in [2.05, 4.69) is 40.9 Å². The van der Waals surface area contributed by atoms with E-state index in [0.29, 0.717) is 49.2 Å². The number of carbonyl (C=O) groups is 2. The predicted molar refractivity (Wildman–Crippen MR) is 193 cm³/mol. The van der Waals surface area contributed by atoms with Crippen molar-refractivity contribution in [1.82, 2.24) is 19.9 Å². The number of nitrogens with zero attached hydrogens (tertiary/aromatic N) is 4. The molecule has 2 aliphatic rings. The normalized spacial score (nSPS) is 20.5. The van der Waals surface area contributed by atoms with Gasteiger partial charge in [-0.2, -0.15) is 0 Å². The lowest BCUT2D eigenvalue weighted by Gasteiger charge is -2.48. The molecule has 4 rings (SSSR count). The van der Waals surface area contributed by atoms with Crippen molar-refractivity contribution in [3.05, 3.63) is 94.3 Å². The van der Waals surface area contributed by atoms with E-state index < -0.39 is 0 Å². The van der Waals surface area contributed by atoms with Gasteiger partial charge in [-0.15, -0.1) is 0 Å². The van der Waals surface area contributed by atoms with Gasteiger partial charge in [0.2, 0.25) is 12.8 Å². The Labute approximate surface area is 297 Å². The number of rotatable bonds is 17. The Balaban J connectivity index is 1.17. The minimum atomic E-state index is -0.315. The molecule has 2 atom stereocenters. The van der Waals surface area contributed by atoms with Crippen LogP contribution in [0.1, 0.15) is 90.2 Å². The van der Waals surface area contributed by atoms with Crippen molar-refractivity contribution in [2.24, 2.45) is 0 Å². The molecule has 0 radical (unpaired) electrons. The van der Waals surface area contributed by atoms with Gasteiger partial charge in [-0.3, -0.25) is 29.4 Å². The first-order chi connectivity index (χ1) is 22.8. The number of amides is 2. The van der Waals surface area contributed by atoms with Crippen LogP contribution in [0, 0.1) is 0 Å². The van der Waals surface area contributed by atoms with E-state index in [1.54, 1.807) is 0 Å². The summed E-state index contributed by atoms with van der Waals surface area (Å²) in [6.07, 6.45) is 8.66. The van der Waals surface area contributed by atoms with Crippen LogP contribution in [0.4, 0.5) is 0 Å². The maximum absolute atomic E-state index is 12.2. The van der Waals surface area contributed by atoms with Gasteiger partial charge in [0.05, 0.1) is 24.3 Å². The summed E-state index contributed by atoms with van der Waals surface area (Å²) in [6, 6.07) is 15.4. The third kappa shape index (κ3) is 10.2. The number of hydrogen-bond donors (Lipinski definition) is 0. The summed E-state index contributed by atoms with van der Waals surface area (Å²) in [5.41, 5.74) is 3.18. The van der Waals surface area contributed by atoms with Crippen LogP contribution in [0.3, 0.4) is 0 Å². The first-order valence-corrected chi connectivity index (χ1v) is 17.7. The third-order valence-corrected chi connectivity index (χ3v) is 9.93. The summed E-state index contributed by atoms with van der Waals surface area (Å²) in [4.78, 5) is 40.6. The SMILES string of the molecule is C=C1CC(N(C=O)CCCCCCN(C=O)C2CC(=C)N(OCc3ccc(Cl)cc3)C(C)(C)C2)CC(C)(C)N1OCc1ccc(Cl)cc1. The van der Waals surface area contributed by atoms with Crippen LogP contribution in [0.25, 0.3) is 0 Å².